The van der Waals surface area contributed by atoms with Crippen LogP contribution < -0.4 is 0 Å². The van der Waals surface area contributed by atoms with Crippen molar-refractivity contribution in [2.75, 3.05) is 6.61 Å². The van der Waals surface area contributed by atoms with Gasteiger partial charge in [0.1, 0.15) is 5.78 Å². The predicted molar refractivity (Wildman–Crippen MR) is 81.1 cm³/mol. The number of hydrogen-bond acceptors (Lipinski definition) is 4. The van der Waals surface area contributed by atoms with E-state index >= 15 is 0 Å². The molecule has 0 aliphatic rings. The van der Waals surface area contributed by atoms with Crippen molar-refractivity contribution in [1.29, 1.82) is 0 Å². The van der Waals surface area contributed by atoms with Crippen molar-refractivity contribution < 1.29 is 9.90 Å². The van der Waals surface area contributed by atoms with Crippen molar-refractivity contribution in [2.45, 2.75) is 32.6 Å². The van der Waals surface area contributed by atoms with Gasteiger partial charge in [0.2, 0.25) is 0 Å². The summed E-state index contributed by atoms with van der Waals surface area (Å²) in [5.74, 6) is 0.244. The maximum atomic E-state index is 12.0. The van der Waals surface area contributed by atoms with E-state index in [0.717, 1.165) is 16.8 Å². The molecule has 1 heterocycles. The van der Waals surface area contributed by atoms with Crippen LogP contribution in [0.3, 0.4) is 0 Å². The molecule has 0 aliphatic carbocycles. The summed E-state index contributed by atoms with van der Waals surface area (Å²) in [7, 11) is 0. The highest BCUT2D eigenvalue weighted by atomic mass is 16.3. The molecule has 0 radical (unpaired) electrons. The van der Waals surface area contributed by atoms with Gasteiger partial charge in [-0.05, 0) is 30.2 Å². The molecular formula is C17H20N2O2. The number of aromatic nitrogens is 2. The standard InChI is InChI=1S/C17H20N2O2/c1-12(11-20)15-6-4-14(5-7-15)9-17(21)10-16-8-3-13(2)18-19-16/h3-8,12,20H,9-11H2,1-2H3. The summed E-state index contributed by atoms with van der Waals surface area (Å²) in [6, 6.07) is 11.5. The third-order valence-electron chi connectivity index (χ3n) is 3.46. The van der Waals surface area contributed by atoms with Crippen LogP contribution in [0, 0.1) is 6.92 Å². The molecule has 1 aromatic carbocycles. The number of nitrogens with zero attached hydrogens (tertiary/aromatic N) is 2. The Bertz CT molecular complexity index is 591. The Labute approximate surface area is 124 Å². The fourth-order valence-corrected chi connectivity index (χ4v) is 2.08. The smallest absolute Gasteiger partial charge is 0.143 e. The molecule has 0 saturated carbocycles. The van der Waals surface area contributed by atoms with Crippen LogP contribution in [0.1, 0.15) is 35.4 Å². The first kappa shape index (κ1) is 15.3. The molecule has 0 saturated heterocycles. The molecule has 0 amide bonds. The van der Waals surface area contributed by atoms with Crippen LogP contribution in [0.15, 0.2) is 36.4 Å². The molecule has 4 heteroatoms. The molecular weight excluding hydrogens is 264 g/mol. The van der Waals surface area contributed by atoms with E-state index in [1.165, 1.54) is 0 Å². The number of aliphatic hydroxyl groups is 1. The molecule has 110 valence electrons. The predicted octanol–water partition coefficient (Wildman–Crippen LogP) is 2.24. The van der Waals surface area contributed by atoms with Gasteiger partial charge in [0.25, 0.3) is 0 Å². The number of Topliss-reactive ketones (excluding diaryl/α,β-unsaturated/α-hetero) is 1. The van der Waals surface area contributed by atoms with Crippen molar-refractivity contribution in [3.63, 3.8) is 0 Å². The van der Waals surface area contributed by atoms with Gasteiger partial charge in [0.05, 0.1) is 17.8 Å². The molecule has 0 fully saturated rings. The molecule has 4 nitrogen and oxygen atoms in total. The van der Waals surface area contributed by atoms with E-state index in [9.17, 15) is 4.79 Å². The first-order valence-electron chi connectivity index (χ1n) is 7.09. The lowest BCUT2D eigenvalue weighted by molar-refractivity contribution is -0.117. The highest BCUT2D eigenvalue weighted by molar-refractivity contribution is 5.82. The topological polar surface area (TPSA) is 63.1 Å². The molecule has 21 heavy (non-hydrogen) atoms. The lowest BCUT2D eigenvalue weighted by atomic mass is 9.98. The molecule has 0 bridgehead atoms. The van der Waals surface area contributed by atoms with E-state index in [-0.39, 0.29) is 18.3 Å². The molecule has 2 rings (SSSR count). The van der Waals surface area contributed by atoms with E-state index in [4.69, 9.17) is 5.11 Å². The number of aryl methyl sites for hydroxylation is 1. The normalized spacial score (nSPS) is 12.1. The number of hydrogen-bond donors (Lipinski definition) is 1. The van der Waals surface area contributed by atoms with Gasteiger partial charge in [-0.3, -0.25) is 4.79 Å². The largest absolute Gasteiger partial charge is 0.396 e. The Morgan fingerprint density at radius 3 is 2.38 bits per heavy atom. The quantitative estimate of drug-likeness (QED) is 0.883. The minimum atomic E-state index is 0.121. The van der Waals surface area contributed by atoms with Gasteiger partial charge in [-0.2, -0.15) is 10.2 Å². The third kappa shape index (κ3) is 4.46. The molecule has 0 aliphatic heterocycles. The van der Waals surface area contributed by atoms with E-state index in [1.807, 2.05) is 50.2 Å². The first-order valence-corrected chi connectivity index (χ1v) is 7.09. The Kier molecular flexibility index (Phi) is 5.17. The Morgan fingerprint density at radius 2 is 1.81 bits per heavy atom. The van der Waals surface area contributed by atoms with Crippen LogP contribution in [0.25, 0.3) is 0 Å². The zero-order chi connectivity index (χ0) is 15.2. The second-order valence-electron chi connectivity index (χ2n) is 5.38. The van der Waals surface area contributed by atoms with Gasteiger partial charge < -0.3 is 5.11 Å². The summed E-state index contributed by atoms with van der Waals surface area (Å²) in [6.45, 7) is 3.97. The molecule has 1 atom stereocenters. The number of carbonyl (C=O) groups is 1. The zero-order valence-corrected chi connectivity index (χ0v) is 12.4. The highest BCUT2D eigenvalue weighted by Gasteiger charge is 2.08. The maximum absolute atomic E-state index is 12.0. The number of ketones is 1. The van der Waals surface area contributed by atoms with Crippen molar-refractivity contribution in [2.24, 2.45) is 0 Å². The van der Waals surface area contributed by atoms with E-state index in [0.29, 0.717) is 18.5 Å². The van der Waals surface area contributed by atoms with E-state index in [1.54, 1.807) is 0 Å². The zero-order valence-electron chi connectivity index (χ0n) is 12.4. The number of rotatable bonds is 6. The van der Waals surface area contributed by atoms with Crippen LogP contribution in [0.4, 0.5) is 0 Å². The first-order chi connectivity index (χ1) is 10.1. The van der Waals surface area contributed by atoms with Crippen LogP contribution >= 0.6 is 0 Å². The Morgan fingerprint density at radius 1 is 1.10 bits per heavy atom. The summed E-state index contributed by atoms with van der Waals surface area (Å²) in [5.41, 5.74) is 3.61. The van der Waals surface area contributed by atoms with Crippen LogP contribution in [-0.2, 0) is 17.6 Å². The lowest BCUT2D eigenvalue weighted by Crippen LogP contribution is -2.09. The van der Waals surface area contributed by atoms with Gasteiger partial charge in [0.15, 0.2) is 0 Å². The second kappa shape index (κ2) is 7.09. The SMILES string of the molecule is Cc1ccc(CC(=O)Cc2ccc(C(C)CO)cc2)nn1. The second-order valence-corrected chi connectivity index (χ2v) is 5.38. The van der Waals surface area contributed by atoms with Gasteiger partial charge in [-0.1, -0.05) is 31.2 Å². The third-order valence-corrected chi connectivity index (χ3v) is 3.46. The summed E-state index contributed by atoms with van der Waals surface area (Å²) >= 11 is 0. The Balaban J connectivity index is 1.94. The van der Waals surface area contributed by atoms with Crippen molar-refractivity contribution >= 4 is 5.78 Å². The van der Waals surface area contributed by atoms with Crippen LogP contribution in [0.5, 0.6) is 0 Å². The van der Waals surface area contributed by atoms with Gasteiger partial charge in [-0.25, -0.2) is 0 Å². The Hall–Kier alpha value is -2.07. The van der Waals surface area contributed by atoms with Crippen LogP contribution in [0.2, 0.25) is 0 Å². The average Bonchev–Trinajstić information content (AvgIpc) is 2.49. The molecule has 1 aromatic heterocycles. The van der Waals surface area contributed by atoms with Crippen molar-refractivity contribution in [3.8, 4) is 0 Å². The summed E-state index contributed by atoms with van der Waals surface area (Å²) < 4.78 is 0. The van der Waals surface area contributed by atoms with Crippen LogP contribution in [-0.4, -0.2) is 27.7 Å². The number of carbonyl (C=O) groups excluding carboxylic acids is 1. The monoisotopic (exact) mass is 284 g/mol. The molecule has 1 unspecified atom stereocenters. The summed E-state index contributed by atoms with van der Waals surface area (Å²) in [4.78, 5) is 12.0. The van der Waals surface area contributed by atoms with Crippen molar-refractivity contribution in [3.05, 3.63) is 58.9 Å². The molecule has 1 N–H and O–H groups in total. The van der Waals surface area contributed by atoms with Gasteiger partial charge >= 0.3 is 0 Å². The summed E-state index contributed by atoms with van der Waals surface area (Å²) in [6.07, 6.45) is 0.700. The van der Waals surface area contributed by atoms with Gasteiger partial charge in [-0.15, -0.1) is 0 Å². The fraction of sp³-hybridized carbons (Fsp3) is 0.353. The summed E-state index contributed by atoms with van der Waals surface area (Å²) in [5, 5.41) is 17.1. The minimum Gasteiger partial charge on any atom is -0.396 e. The minimum absolute atomic E-state index is 0.121. The van der Waals surface area contributed by atoms with E-state index < -0.39 is 0 Å². The van der Waals surface area contributed by atoms with Gasteiger partial charge in [0, 0.05) is 18.9 Å². The van der Waals surface area contributed by atoms with Crippen molar-refractivity contribution in [1.82, 2.24) is 10.2 Å². The fourth-order valence-electron chi connectivity index (χ4n) is 2.08. The number of benzene rings is 1. The average molecular weight is 284 g/mol. The number of aliphatic hydroxyl groups excluding tert-OH is 1. The lowest BCUT2D eigenvalue weighted by Gasteiger charge is -2.09. The maximum Gasteiger partial charge on any atom is 0.143 e. The molecule has 0 spiro atoms. The van der Waals surface area contributed by atoms with E-state index in [2.05, 4.69) is 10.2 Å². The molecule has 2 aromatic rings. The highest BCUT2D eigenvalue weighted by Crippen LogP contribution is 2.15.